The van der Waals surface area contributed by atoms with Gasteiger partial charge in [-0.2, -0.15) is 0 Å². The van der Waals surface area contributed by atoms with Crippen molar-refractivity contribution in [3.63, 3.8) is 0 Å². The third-order valence-electron chi connectivity index (χ3n) is 3.36. The molecular formula is C12H20N2O4. The van der Waals surface area contributed by atoms with Gasteiger partial charge in [0.1, 0.15) is 0 Å². The third kappa shape index (κ3) is 3.45. The zero-order valence-corrected chi connectivity index (χ0v) is 11.0. The topological polar surface area (TPSA) is 86.7 Å². The minimum absolute atomic E-state index is 0.0803. The molecule has 0 heterocycles. The molecule has 0 aromatic carbocycles. The third-order valence-corrected chi connectivity index (χ3v) is 3.36. The molecule has 0 radical (unpaired) electrons. The molecule has 102 valence electrons. The number of carbonyl (C=O) groups excluding carboxylic acids is 2. The fourth-order valence-electron chi connectivity index (χ4n) is 2.31. The van der Waals surface area contributed by atoms with E-state index in [9.17, 15) is 14.4 Å². The number of carbonyl (C=O) groups is 3. The van der Waals surface area contributed by atoms with Gasteiger partial charge < -0.3 is 15.3 Å². The first kappa shape index (κ1) is 14.5. The van der Waals surface area contributed by atoms with E-state index < -0.39 is 17.8 Å². The highest BCUT2D eigenvalue weighted by molar-refractivity contribution is 5.88. The Hall–Kier alpha value is -1.59. The van der Waals surface area contributed by atoms with Gasteiger partial charge in [-0.05, 0) is 18.8 Å². The number of aliphatic carboxylic acids is 1. The fourth-order valence-corrected chi connectivity index (χ4v) is 2.31. The van der Waals surface area contributed by atoms with Gasteiger partial charge in [0, 0.05) is 14.1 Å². The van der Waals surface area contributed by atoms with Gasteiger partial charge in [0.2, 0.25) is 11.8 Å². The van der Waals surface area contributed by atoms with Crippen molar-refractivity contribution in [2.75, 3.05) is 20.6 Å². The van der Waals surface area contributed by atoms with Gasteiger partial charge in [-0.15, -0.1) is 0 Å². The summed E-state index contributed by atoms with van der Waals surface area (Å²) in [7, 11) is 3.21. The van der Waals surface area contributed by atoms with Crippen LogP contribution in [-0.2, 0) is 14.4 Å². The standard InChI is InChI=1S/C12H20N2O4/c1-7-4-8(9(5-7)12(17)18)11(16)13-6-10(15)14(2)3/h7-9H,4-6H2,1-3H3,(H,13,16)(H,17,18)/t7?,8-,9+/m0/s1. The van der Waals surface area contributed by atoms with E-state index in [0.29, 0.717) is 12.8 Å². The SMILES string of the molecule is CC1C[C@H](C(=O)NCC(=O)N(C)C)[C@H](C(=O)O)C1. The van der Waals surface area contributed by atoms with Crippen LogP contribution in [0, 0.1) is 17.8 Å². The first-order chi connectivity index (χ1) is 8.32. The zero-order chi connectivity index (χ0) is 13.9. The fraction of sp³-hybridized carbons (Fsp3) is 0.750. The first-order valence-corrected chi connectivity index (χ1v) is 6.03. The molecule has 2 N–H and O–H groups in total. The maximum Gasteiger partial charge on any atom is 0.307 e. The van der Waals surface area contributed by atoms with Gasteiger partial charge in [0.15, 0.2) is 0 Å². The van der Waals surface area contributed by atoms with Crippen molar-refractivity contribution in [2.24, 2.45) is 17.8 Å². The second kappa shape index (κ2) is 5.84. The Morgan fingerprint density at radius 1 is 1.22 bits per heavy atom. The molecule has 1 rings (SSSR count). The molecule has 3 atom stereocenters. The molecular weight excluding hydrogens is 236 g/mol. The van der Waals surface area contributed by atoms with Crippen LogP contribution in [0.3, 0.4) is 0 Å². The molecule has 18 heavy (non-hydrogen) atoms. The Morgan fingerprint density at radius 2 is 1.78 bits per heavy atom. The Kier molecular flexibility index (Phi) is 4.69. The van der Waals surface area contributed by atoms with Crippen molar-refractivity contribution in [3.8, 4) is 0 Å². The molecule has 0 bridgehead atoms. The Bertz CT molecular complexity index is 354. The first-order valence-electron chi connectivity index (χ1n) is 6.03. The van der Waals surface area contributed by atoms with E-state index in [-0.39, 0.29) is 24.3 Å². The number of amides is 2. The second-order valence-corrected chi connectivity index (χ2v) is 5.13. The summed E-state index contributed by atoms with van der Waals surface area (Å²) in [5.74, 6) is -2.39. The van der Waals surface area contributed by atoms with Crippen molar-refractivity contribution in [1.82, 2.24) is 10.2 Å². The highest BCUT2D eigenvalue weighted by Crippen LogP contribution is 2.36. The molecule has 0 aliphatic heterocycles. The van der Waals surface area contributed by atoms with Crippen LogP contribution in [0.2, 0.25) is 0 Å². The lowest BCUT2D eigenvalue weighted by Gasteiger charge is -2.16. The average Bonchev–Trinajstić information content (AvgIpc) is 2.67. The highest BCUT2D eigenvalue weighted by Gasteiger charge is 2.41. The molecule has 1 saturated carbocycles. The van der Waals surface area contributed by atoms with Crippen molar-refractivity contribution >= 4 is 17.8 Å². The van der Waals surface area contributed by atoms with Crippen molar-refractivity contribution in [1.29, 1.82) is 0 Å². The summed E-state index contributed by atoms with van der Waals surface area (Å²) >= 11 is 0. The lowest BCUT2D eigenvalue weighted by Crippen LogP contribution is -2.41. The number of nitrogens with one attached hydrogen (secondary N) is 1. The maximum atomic E-state index is 11.9. The number of carboxylic acid groups (broad SMARTS) is 1. The van der Waals surface area contributed by atoms with E-state index in [1.54, 1.807) is 14.1 Å². The molecule has 6 nitrogen and oxygen atoms in total. The molecule has 1 aliphatic rings. The molecule has 2 amide bonds. The number of hydrogen-bond donors (Lipinski definition) is 2. The molecule has 0 aromatic heterocycles. The van der Waals surface area contributed by atoms with E-state index >= 15 is 0 Å². The predicted molar refractivity (Wildman–Crippen MR) is 64.7 cm³/mol. The van der Waals surface area contributed by atoms with Crippen LogP contribution in [0.4, 0.5) is 0 Å². The molecule has 1 unspecified atom stereocenters. The predicted octanol–water partition coefficient (Wildman–Crippen LogP) is -0.0623. The summed E-state index contributed by atoms with van der Waals surface area (Å²) < 4.78 is 0. The zero-order valence-electron chi connectivity index (χ0n) is 11.0. The number of nitrogens with zero attached hydrogens (tertiary/aromatic N) is 1. The number of rotatable bonds is 4. The van der Waals surface area contributed by atoms with Gasteiger partial charge in [0.25, 0.3) is 0 Å². The van der Waals surface area contributed by atoms with Crippen LogP contribution in [0.15, 0.2) is 0 Å². The maximum absolute atomic E-state index is 11.9. The number of likely N-dealkylation sites (N-methyl/N-ethyl adjacent to an activating group) is 1. The molecule has 0 saturated heterocycles. The highest BCUT2D eigenvalue weighted by atomic mass is 16.4. The van der Waals surface area contributed by atoms with Gasteiger partial charge in [0.05, 0.1) is 18.4 Å². The molecule has 1 aliphatic carbocycles. The minimum atomic E-state index is -0.932. The van der Waals surface area contributed by atoms with Gasteiger partial charge in [-0.25, -0.2) is 0 Å². The normalized spacial score (nSPS) is 26.7. The second-order valence-electron chi connectivity index (χ2n) is 5.13. The van der Waals surface area contributed by atoms with E-state index in [0.717, 1.165) is 0 Å². The largest absolute Gasteiger partial charge is 0.481 e. The van der Waals surface area contributed by atoms with Crippen LogP contribution < -0.4 is 5.32 Å². The Balaban J connectivity index is 2.55. The smallest absolute Gasteiger partial charge is 0.307 e. The summed E-state index contributed by atoms with van der Waals surface area (Å²) in [6, 6.07) is 0. The quantitative estimate of drug-likeness (QED) is 0.737. The molecule has 0 spiro atoms. The lowest BCUT2D eigenvalue weighted by atomic mass is 9.95. The van der Waals surface area contributed by atoms with E-state index in [1.165, 1.54) is 4.90 Å². The van der Waals surface area contributed by atoms with Gasteiger partial charge in [-0.1, -0.05) is 6.92 Å². The Morgan fingerprint density at radius 3 is 2.28 bits per heavy atom. The van der Waals surface area contributed by atoms with Crippen molar-refractivity contribution < 1.29 is 19.5 Å². The number of carboxylic acids is 1. The van der Waals surface area contributed by atoms with Crippen LogP contribution in [0.5, 0.6) is 0 Å². The van der Waals surface area contributed by atoms with Crippen LogP contribution >= 0.6 is 0 Å². The monoisotopic (exact) mass is 256 g/mol. The summed E-state index contributed by atoms with van der Waals surface area (Å²) in [6.07, 6.45) is 1.09. The minimum Gasteiger partial charge on any atom is -0.481 e. The van der Waals surface area contributed by atoms with Gasteiger partial charge in [-0.3, -0.25) is 14.4 Å². The summed E-state index contributed by atoms with van der Waals surface area (Å²) in [5, 5.41) is 11.6. The van der Waals surface area contributed by atoms with E-state index in [2.05, 4.69) is 5.32 Å². The summed E-state index contributed by atoms with van der Waals surface area (Å²) in [4.78, 5) is 35.7. The van der Waals surface area contributed by atoms with Crippen molar-refractivity contribution in [3.05, 3.63) is 0 Å². The number of hydrogen-bond acceptors (Lipinski definition) is 3. The summed E-state index contributed by atoms with van der Waals surface area (Å²) in [6.45, 7) is 1.86. The lowest BCUT2D eigenvalue weighted by molar-refractivity contribution is -0.146. The van der Waals surface area contributed by atoms with Crippen molar-refractivity contribution in [2.45, 2.75) is 19.8 Å². The molecule has 6 heteroatoms. The Labute approximate surface area is 106 Å². The molecule has 1 fully saturated rings. The van der Waals surface area contributed by atoms with Crippen LogP contribution in [0.1, 0.15) is 19.8 Å². The summed E-state index contributed by atoms with van der Waals surface area (Å²) in [5.41, 5.74) is 0. The van der Waals surface area contributed by atoms with Gasteiger partial charge >= 0.3 is 5.97 Å². The van der Waals surface area contributed by atoms with Crippen LogP contribution in [0.25, 0.3) is 0 Å². The van der Waals surface area contributed by atoms with E-state index in [4.69, 9.17) is 5.11 Å². The average molecular weight is 256 g/mol. The van der Waals surface area contributed by atoms with E-state index in [1.807, 2.05) is 6.92 Å². The van der Waals surface area contributed by atoms with Crippen LogP contribution in [-0.4, -0.2) is 48.4 Å². The molecule has 0 aromatic rings.